The van der Waals surface area contributed by atoms with Crippen molar-refractivity contribution in [2.24, 2.45) is 0 Å². The van der Waals surface area contributed by atoms with Gasteiger partial charge in [-0.15, -0.1) is 0 Å². The number of anilines is 4. The number of aliphatic hydroxyl groups excluding tert-OH is 1. The van der Waals surface area contributed by atoms with Crippen molar-refractivity contribution >= 4 is 63.8 Å². The summed E-state index contributed by atoms with van der Waals surface area (Å²) in [5.41, 5.74) is 1.02. The Morgan fingerprint density at radius 2 is 1.81 bits per heavy atom. The molecule has 11 heteroatoms. The van der Waals surface area contributed by atoms with Gasteiger partial charge in [-0.05, 0) is 37.1 Å². The third-order valence-corrected chi connectivity index (χ3v) is 6.41. The second kappa shape index (κ2) is 9.27. The van der Waals surface area contributed by atoms with Crippen LogP contribution in [-0.4, -0.2) is 49.0 Å². The van der Waals surface area contributed by atoms with Crippen LogP contribution < -0.4 is 10.6 Å². The fraction of sp³-hybridized carbons (Fsp3) is 0.250. The van der Waals surface area contributed by atoms with E-state index in [2.05, 4.69) is 19.4 Å². The van der Waals surface area contributed by atoms with Gasteiger partial charge in [0.15, 0.2) is 17.4 Å². The molecule has 0 saturated carbocycles. The molecular formula is C20H19Cl2N5O3S. The lowest BCUT2D eigenvalue weighted by molar-refractivity contribution is 0.0674. The van der Waals surface area contributed by atoms with E-state index in [1.54, 1.807) is 41.3 Å². The van der Waals surface area contributed by atoms with Crippen LogP contribution in [0, 0.1) is 0 Å². The Morgan fingerprint density at radius 1 is 1.13 bits per heavy atom. The van der Waals surface area contributed by atoms with E-state index in [0.29, 0.717) is 39.6 Å². The van der Waals surface area contributed by atoms with E-state index in [9.17, 15) is 15.0 Å². The largest absolute Gasteiger partial charge is 0.505 e. The van der Waals surface area contributed by atoms with Crippen LogP contribution in [0.2, 0.25) is 10.0 Å². The van der Waals surface area contributed by atoms with Crippen LogP contribution in [0.5, 0.6) is 5.75 Å². The number of carbonyl (C=O) groups excluding carboxylic acids is 1. The smallest absolute Gasteiger partial charge is 0.258 e. The first-order valence-electron chi connectivity index (χ1n) is 9.54. The number of carbonyl (C=O) groups is 1. The zero-order valence-electron chi connectivity index (χ0n) is 16.2. The molecular weight excluding hydrogens is 461 g/mol. The molecule has 0 radical (unpaired) electrons. The van der Waals surface area contributed by atoms with Crippen molar-refractivity contribution in [1.29, 1.82) is 0 Å². The Bertz CT molecular complexity index is 1110. The number of aromatic nitrogens is 2. The van der Waals surface area contributed by atoms with Crippen molar-refractivity contribution in [2.45, 2.75) is 18.9 Å². The van der Waals surface area contributed by atoms with Crippen LogP contribution in [0.15, 0.2) is 36.4 Å². The highest BCUT2D eigenvalue weighted by Crippen LogP contribution is 2.36. The zero-order valence-corrected chi connectivity index (χ0v) is 18.5. The van der Waals surface area contributed by atoms with Gasteiger partial charge in [0.2, 0.25) is 0 Å². The first-order chi connectivity index (χ1) is 15.0. The van der Waals surface area contributed by atoms with Gasteiger partial charge < -0.3 is 25.7 Å². The highest BCUT2D eigenvalue weighted by Gasteiger charge is 2.30. The maximum absolute atomic E-state index is 12.9. The van der Waals surface area contributed by atoms with Crippen molar-refractivity contribution in [3.8, 4) is 5.75 Å². The summed E-state index contributed by atoms with van der Waals surface area (Å²) in [6.07, 6.45) is 1.56. The number of hydrogen-bond acceptors (Lipinski definition) is 8. The van der Waals surface area contributed by atoms with E-state index in [-0.39, 0.29) is 29.9 Å². The number of rotatable bonds is 6. The first kappa shape index (κ1) is 21.6. The predicted octanol–water partition coefficient (Wildman–Crippen LogP) is 4.63. The second-order valence-corrected chi connectivity index (χ2v) is 8.31. The topological polar surface area (TPSA) is 111 Å². The summed E-state index contributed by atoms with van der Waals surface area (Å²) in [5, 5.41) is 27.1. The molecule has 1 saturated heterocycles. The Kier molecular flexibility index (Phi) is 6.47. The van der Waals surface area contributed by atoms with Crippen LogP contribution in [0.1, 0.15) is 23.2 Å². The number of halogens is 2. The molecule has 4 rings (SSSR count). The summed E-state index contributed by atoms with van der Waals surface area (Å²) in [5.74, 6) is 0.231. The van der Waals surface area contributed by atoms with E-state index < -0.39 is 0 Å². The van der Waals surface area contributed by atoms with Crippen molar-refractivity contribution in [3.63, 3.8) is 0 Å². The van der Waals surface area contributed by atoms with E-state index in [1.807, 2.05) is 0 Å². The van der Waals surface area contributed by atoms with Crippen LogP contribution >= 0.6 is 34.9 Å². The first-order valence-corrected chi connectivity index (χ1v) is 11.0. The Morgan fingerprint density at radius 3 is 2.55 bits per heavy atom. The van der Waals surface area contributed by atoms with E-state index in [4.69, 9.17) is 23.2 Å². The zero-order chi connectivity index (χ0) is 22.0. The van der Waals surface area contributed by atoms with Gasteiger partial charge in [-0.1, -0.05) is 35.3 Å². The number of para-hydroxylation sites is 1. The molecule has 0 aliphatic carbocycles. The maximum Gasteiger partial charge on any atom is 0.258 e. The van der Waals surface area contributed by atoms with E-state index in [0.717, 1.165) is 24.6 Å². The highest BCUT2D eigenvalue weighted by molar-refractivity contribution is 6.99. The molecule has 1 aliphatic heterocycles. The molecule has 1 aliphatic rings. The van der Waals surface area contributed by atoms with Gasteiger partial charge in [0, 0.05) is 6.54 Å². The summed E-state index contributed by atoms with van der Waals surface area (Å²) in [6, 6.07) is 9.80. The normalized spacial score (nSPS) is 15.8. The number of hydrogen-bond donors (Lipinski definition) is 4. The number of likely N-dealkylation sites (tertiary alicyclic amines) is 1. The van der Waals surface area contributed by atoms with Crippen molar-refractivity contribution < 1.29 is 15.0 Å². The number of aromatic hydroxyl groups is 1. The van der Waals surface area contributed by atoms with Gasteiger partial charge in [0.25, 0.3) is 5.91 Å². The molecule has 4 N–H and O–H groups in total. The molecule has 1 fully saturated rings. The number of phenolic OH excluding ortho intramolecular Hbond substituents is 1. The van der Waals surface area contributed by atoms with E-state index in [1.165, 1.54) is 0 Å². The lowest BCUT2D eigenvalue weighted by Gasteiger charge is -2.23. The van der Waals surface area contributed by atoms with Gasteiger partial charge in [-0.2, -0.15) is 8.75 Å². The minimum Gasteiger partial charge on any atom is -0.505 e. The average molecular weight is 480 g/mol. The molecule has 2 heterocycles. The fourth-order valence-corrected chi connectivity index (χ4v) is 4.29. The summed E-state index contributed by atoms with van der Waals surface area (Å²) < 4.78 is 8.44. The quantitative estimate of drug-likeness (QED) is 0.381. The van der Waals surface area contributed by atoms with E-state index >= 15 is 0 Å². The van der Waals surface area contributed by atoms with Crippen molar-refractivity contribution in [1.82, 2.24) is 13.6 Å². The standard InChI is InChI=1S/C20H19Cl2N5O3S/c21-13-6-2-7-14(16(13)22)23-18-19(26-31-25-18)24-15-8-1-5-12(17(15)29)20(30)27-9-3-4-11(27)10-28/h1-2,5-8,11,28-29H,3-4,9-10H2,(H,23,25)(H,24,26). The average Bonchev–Trinajstić information content (AvgIpc) is 3.42. The lowest BCUT2D eigenvalue weighted by atomic mass is 10.1. The van der Waals surface area contributed by atoms with Crippen LogP contribution in [-0.2, 0) is 0 Å². The molecule has 1 amide bonds. The van der Waals surface area contributed by atoms with Crippen LogP contribution in [0.4, 0.5) is 23.0 Å². The van der Waals surface area contributed by atoms with Crippen LogP contribution in [0.3, 0.4) is 0 Å². The molecule has 31 heavy (non-hydrogen) atoms. The Labute approximate surface area is 192 Å². The summed E-state index contributed by atoms with van der Waals surface area (Å²) >= 11 is 13.3. The fourth-order valence-electron chi connectivity index (χ4n) is 3.47. The maximum atomic E-state index is 12.9. The summed E-state index contributed by atoms with van der Waals surface area (Å²) in [7, 11) is 0. The molecule has 0 bridgehead atoms. The molecule has 0 spiro atoms. The number of amides is 1. The Hall–Kier alpha value is -2.59. The molecule has 3 aromatic rings. The number of aliphatic hydroxyl groups is 1. The lowest BCUT2D eigenvalue weighted by Crippen LogP contribution is -2.37. The van der Waals surface area contributed by atoms with Gasteiger partial charge >= 0.3 is 0 Å². The molecule has 1 aromatic heterocycles. The predicted molar refractivity (Wildman–Crippen MR) is 122 cm³/mol. The van der Waals surface area contributed by atoms with Gasteiger partial charge in [-0.3, -0.25) is 4.79 Å². The van der Waals surface area contributed by atoms with Gasteiger partial charge in [-0.25, -0.2) is 0 Å². The molecule has 2 aromatic carbocycles. The van der Waals surface area contributed by atoms with Gasteiger partial charge in [0.05, 0.1) is 51.4 Å². The minimum absolute atomic E-state index is 0.101. The number of nitrogens with one attached hydrogen (secondary N) is 2. The molecule has 8 nitrogen and oxygen atoms in total. The van der Waals surface area contributed by atoms with Crippen LogP contribution in [0.25, 0.3) is 0 Å². The monoisotopic (exact) mass is 479 g/mol. The molecule has 1 unspecified atom stereocenters. The molecule has 162 valence electrons. The van der Waals surface area contributed by atoms with Gasteiger partial charge in [0.1, 0.15) is 0 Å². The molecule has 1 atom stereocenters. The summed E-state index contributed by atoms with van der Waals surface area (Å²) in [4.78, 5) is 14.5. The van der Waals surface area contributed by atoms with Crippen molar-refractivity contribution in [3.05, 3.63) is 52.0 Å². The minimum atomic E-state index is -0.321. The second-order valence-electron chi connectivity index (χ2n) is 6.99. The summed E-state index contributed by atoms with van der Waals surface area (Å²) in [6.45, 7) is 0.446. The SMILES string of the molecule is O=C(c1cccc(Nc2nsnc2Nc2cccc(Cl)c2Cl)c1O)N1CCCC1CO. The number of nitrogens with zero attached hydrogens (tertiary/aromatic N) is 3. The highest BCUT2D eigenvalue weighted by atomic mass is 35.5. The third-order valence-electron chi connectivity index (χ3n) is 5.06. The Balaban J connectivity index is 1.57. The van der Waals surface area contributed by atoms with Crippen molar-refractivity contribution in [2.75, 3.05) is 23.8 Å². The third kappa shape index (κ3) is 4.40. The number of phenols is 1. The number of benzene rings is 2.